The second-order valence-corrected chi connectivity index (χ2v) is 6.75. The molecule has 0 aromatic heterocycles. The maximum Gasteiger partial charge on any atom is 0.340 e. The molecular formula is C20H21NO4S. The number of nitrogens with one attached hydrogen (secondary N) is 1. The third kappa shape index (κ3) is 6.04. The highest BCUT2D eigenvalue weighted by Crippen LogP contribution is 2.23. The minimum atomic E-state index is -0.919. The predicted molar refractivity (Wildman–Crippen MR) is 101 cm³/mol. The molecule has 0 heterocycles. The fraction of sp³-hybridized carbons (Fsp3) is 0.250. The Balaban J connectivity index is 1.94. The van der Waals surface area contributed by atoms with E-state index in [1.165, 1.54) is 25.6 Å². The van der Waals surface area contributed by atoms with Crippen LogP contribution >= 0.6 is 11.8 Å². The van der Waals surface area contributed by atoms with Gasteiger partial charge < -0.3 is 10.1 Å². The smallest absolute Gasteiger partial charge is 0.340 e. The zero-order valence-electron chi connectivity index (χ0n) is 14.7. The summed E-state index contributed by atoms with van der Waals surface area (Å²) in [5, 5.41) is 2.74. The molecule has 0 unspecified atom stereocenters. The van der Waals surface area contributed by atoms with Gasteiger partial charge in [-0.05, 0) is 31.5 Å². The lowest BCUT2D eigenvalue weighted by molar-refractivity contribution is -0.129. The van der Waals surface area contributed by atoms with E-state index in [9.17, 15) is 14.4 Å². The normalized spacial score (nSPS) is 11.5. The number of rotatable bonds is 8. The summed E-state index contributed by atoms with van der Waals surface area (Å²) in [6.07, 6.45) is -0.919. The number of thioether (sulfide) groups is 1. The first kappa shape index (κ1) is 19.7. The van der Waals surface area contributed by atoms with Crippen molar-refractivity contribution in [2.24, 2.45) is 0 Å². The average molecular weight is 371 g/mol. The zero-order chi connectivity index (χ0) is 18.9. The van der Waals surface area contributed by atoms with Gasteiger partial charge in [-0.1, -0.05) is 42.5 Å². The molecule has 2 aromatic carbocycles. The van der Waals surface area contributed by atoms with Crippen LogP contribution in [0.15, 0.2) is 59.5 Å². The minimum Gasteiger partial charge on any atom is -0.449 e. The molecule has 0 aliphatic heterocycles. The quantitative estimate of drug-likeness (QED) is 0.570. The third-order valence-electron chi connectivity index (χ3n) is 3.50. The van der Waals surface area contributed by atoms with Crippen LogP contribution in [-0.4, -0.2) is 29.5 Å². The second-order valence-electron chi connectivity index (χ2n) is 5.74. The molecule has 0 aliphatic rings. The number of ketones is 1. The van der Waals surface area contributed by atoms with Gasteiger partial charge in [0.15, 0.2) is 6.10 Å². The van der Waals surface area contributed by atoms with Crippen molar-refractivity contribution in [2.45, 2.75) is 31.4 Å². The molecule has 6 heteroatoms. The summed E-state index contributed by atoms with van der Waals surface area (Å²) in [4.78, 5) is 36.4. The molecule has 5 nitrogen and oxygen atoms in total. The van der Waals surface area contributed by atoms with Gasteiger partial charge in [0.05, 0.1) is 11.3 Å². The second kappa shape index (κ2) is 9.77. The molecule has 26 heavy (non-hydrogen) atoms. The van der Waals surface area contributed by atoms with Gasteiger partial charge in [-0.25, -0.2) is 4.79 Å². The van der Waals surface area contributed by atoms with E-state index in [1.54, 1.807) is 24.3 Å². The number of amides is 1. The fourth-order valence-electron chi connectivity index (χ4n) is 2.15. The SMILES string of the molecule is CC(=O)CSc1ccccc1C(=O)O[C@@H](C)C(=O)NCc1ccccc1. The van der Waals surface area contributed by atoms with Crippen LogP contribution in [-0.2, 0) is 20.9 Å². The highest BCUT2D eigenvalue weighted by atomic mass is 32.2. The first-order chi connectivity index (χ1) is 12.5. The summed E-state index contributed by atoms with van der Waals surface area (Å²) in [5.74, 6) is -0.654. The van der Waals surface area contributed by atoms with Crippen molar-refractivity contribution in [2.75, 3.05) is 5.75 Å². The number of benzene rings is 2. The number of ether oxygens (including phenoxy) is 1. The Morgan fingerprint density at radius 3 is 2.38 bits per heavy atom. The van der Waals surface area contributed by atoms with E-state index in [2.05, 4.69) is 5.32 Å². The van der Waals surface area contributed by atoms with Crippen LogP contribution in [0, 0.1) is 0 Å². The summed E-state index contributed by atoms with van der Waals surface area (Å²) in [5.41, 5.74) is 1.31. The molecule has 0 fully saturated rings. The van der Waals surface area contributed by atoms with Crippen molar-refractivity contribution >= 4 is 29.4 Å². The first-order valence-corrected chi connectivity index (χ1v) is 9.20. The third-order valence-corrected chi connectivity index (χ3v) is 4.72. The van der Waals surface area contributed by atoms with Gasteiger partial charge in [0, 0.05) is 11.4 Å². The Kier molecular flexibility index (Phi) is 7.41. The highest BCUT2D eigenvalue weighted by molar-refractivity contribution is 8.00. The van der Waals surface area contributed by atoms with Crippen molar-refractivity contribution in [3.63, 3.8) is 0 Å². The Hall–Kier alpha value is -2.60. The molecule has 1 atom stereocenters. The van der Waals surface area contributed by atoms with Crippen molar-refractivity contribution < 1.29 is 19.1 Å². The van der Waals surface area contributed by atoms with E-state index < -0.39 is 12.1 Å². The Labute approximate surface area is 157 Å². The maximum atomic E-state index is 12.4. The molecule has 1 N–H and O–H groups in total. The van der Waals surface area contributed by atoms with Gasteiger partial charge in [0.1, 0.15) is 5.78 Å². The topological polar surface area (TPSA) is 72.5 Å². The van der Waals surface area contributed by atoms with Gasteiger partial charge in [0.25, 0.3) is 5.91 Å². The summed E-state index contributed by atoms with van der Waals surface area (Å²) in [6.45, 7) is 3.39. The van der Waals surface area contributed by atoms with Crippen LogP contribution < -0.4 is 5.32 Å². The van der Waals surface area contributed by atoms with Gasteiger partial charge >= 0.3 is 5.97 Å². The molecule has 136 valence electrons. The van der Waals surface area contributed by atoms with Gasteiger partial charge in [-0.2, -0.15) is 0 Å². The number of Topliss-reactive ketones (excluding diaryl/α,β-unsaturated/α-hetero) is 1. The largest absolute Gasteiger partial charge is 0.449 e. The zero-order valence-corrected chi connectivity index (χ0v) is 15.5. The standard InChI is InChI=1S/C20H21NO4S/c1-14(22)13-26-18-11-7-6-10-17(18)20(24)25-15(2)19(23)21-12-16-8-4-3-5-9-16/h3-11,15H,12-13H2,1-2H3,(H,21,23)/t15-/m0/s1. The lowest BCUT2D eigenvalue weighted by Crippen LogP contribution is -2.35. The van der Waals surface area contributed by atoms with E-state index in [0.29, 0.717) is 17.0 Å². The molecule has 0 aliphatic carbocycles. The van der Waals surface area contributed by atoms with Crippen molar-refractivity contribution in [1.82, 2.24) is 5.32 Å². The van der Waals surface area contributed by atoms with Gasteiger partial charge in [0.2, 0.25) is 0 Å². The molecule has 0 saturated carbocycles. The molecule has 0 saturated heterocycles. The van der Waals surface area contributed by atoms with Crippen LogP contribution in [0.2, 0.25) is 0 Å². The molecule has 2 rings (SSSR count). The summed E-state index contributed by atoms with van der Waals surface area (Å²) in [7, 11) is 0. The Bertz CT molecular complexity index is 776. The van der Waals surface area contributed by atoms with Crippen molar-refractivity contribution in [3.05, 3.63) is 65.7 Å². The minimum absolute atomic E-state index is 0.0202. The van der Waals surface area contributed by atoms with Crippen LogP contribution in [0.5, 0.6) is 0 Å². The first-order valence-electron chi connectivity index (χ1n) is 8.21. The van der Waals surface area contributed by atoms with Crippen molar-refractivity contribution in [1.29, 1.82) is 0 Å². The number of carbonyl (C=O) groups is 3. The summed E-state index contributed by atoms with van der Waals surface area (Å²) in [6, 6.07) is 16.4. The monoisotopic (exact) mass is 371 g/mol. The van der Waals surface area contributed by atoms with E-state index in [1.807, 2.05) is 30.3 Å². The molecule has 2 aromatic rings. The number of carbonyl (C=O) groups excluding carboxylic acids is 3. The van der Waals surface area contributed by atoms with Crippen LogP contribution in [0.4, 0.5) is 0 Å². The van der Waals surface area contributed by atoms with Crippen LogP contribution in [0.1, 0.15) is 29.8 Å². The maximum absolute atomic E-state index is 12.4. The number of hydrogen-bond acceptors (Lipinski definition) is 5. The predicted octanol–water partition coefficient (Wildman–Crippen LogP) is 3.23. The molecule has 0 bridgehead atoms. The average Bonchev–Trinajstić information content (AvgIpc) is 2.65. The Morgan fingerprint density at radius 2 is 1.69 bits per heavy atom. The van der Waals surface area contributed by atoms with Gasteiger partial charge in [-0.3, -0.25) is 9.59 Å². The molecule has 0 radical (unpaired) electrons. The van der Waals surface area contributed by atoms with E-state index in [4.69, 9.17) is 4.74 Å². The number of hydrogen-bond donors (Lipinski definition) is 1. The van der Waals surface area contributed by atoms with E-state index >= 15 is 0 Å². The summed E-state index contributed by atoms with van der Waals surface area (Å²) < 4.78 is 5.28. The van der Waals surface area contributed by atoms with Crippen LogP contribution in [0.25, 0.3) is 0 Å². The number of esters is 1. The molecular weight excluding hydrogens is 350 g/mol. The molecule has 1 amide bonds. The lowest BCUT2D eigenvalue weighted by atomic mass is 10.2. The van der Waals surface area contributed by atoms with Crippen LogP contribution in [0.3, 0.4) is 0 Å². The molecule has 0 spiro atoms. The van der Waals surface area contributed by atoms with E-state index in [-0.39, 0.29) is 17.4 Å². The summed E-state index contributed by atoms with van der Waals surface area (Å²) >= 11 is 1.28. The Morgan fingerprint density at radius 1 is 1.04 bits per heavy atom. The lowest BCUT2D eigenvalue weighted by Gasteiger charge is -2.15. The fourth-order valence-corrected chi connectivity index (χ4v) is 2.99. The van der Waals surface area contributed by atoms with E-state index in [0.717, 1.165) is 5.56 Å². The van der Waals surface area contributed by atoms with Crippen molar-refractivity contribution in [3.8, 4) is 0 Å². The van der Waals surface area contributed by atoms with Gasteiger partial charge in [-0.15, -0.1) is 11.8 Å². The highest BCUT2D eigenvalue weighted by Gasteiger charge is 2.20.